The molecule has 0 aromatic heterocycles. The molecule has 9 nitrogen and oxygen atoms in total. The lowest BCUT2D eigenvalue weighted by Crippen LogP contribution is -2.54. The standard InChI is InChI=1S/C23H26N2O7/c1-23(30,21(27)28)13-24-20(26)19(12-31-2)25-22(29)32-11-18-16-9-5-3-7-14(16)15-8-4-6-10-17(15)18/h3-10,18-19,30H,11-13H2,1-2H3,(H,24,26)(H,25,29)(H,27,28). The van der Waals surface area contributed by atoms with Crippen molar-refractivity contribution in [2.24, 2.45) is 0 Å². The van der Waals surface area contributed by atoms with Crippen molar-refractivity contribution in [3.63, 3.8) is 0 Å². The number of nitrogens with one attached hydrogen (secondary N) is 2. The zero-order valence-corrected chi connectivity index (χ0v) is 17.8. The van der Waals surface area contributed by atoms with Crippen LogP contribution in [0.5, 0.6) is 0 Å². The van der Waals surface area contributed by atoms with Crippen LogP contribution in [-0.2, 0) is 19.1 Å². The summed E-state index contributed by atoms with van der Waals surface area (Å²) in [6.45, 7) is 0.438. The third kappa shape index (κ3) is 5.06. The fourth-order valence-electron chi connectivity index (χ4n) is 3.59. The van der Waals surface area contributed by atoms with Gasteiger partial charge in [-0.3, -0.25) is 4.79 Å². The number of fused-ring (bicyclic) bond motifs is 3. The average molecular weight is 442 g/mol. The topological polar surface area (TPSA) is 134 Å². The molecule has 0 heterocycles. The van der Waals surface area contributed by atoms with Gasteiger partial charge >= 0.3 is 12.1 Å². The first kappa shape index (κ1) is 23.2. The summed E-state index contributed by atoms with van der Waals surface area (Å²) in [6.07, 6.45) is -0.811. The zero-order valence-electron chi connectivity index (χ0n) is 17.8. The third-order valence-electron chi connectivity index (χ3n) is 5.35. The molecule has 170 valence electrons. The van der Waals surface area contributed by atoms with Gasteiger partial charge in [-0.05, 0) is 29.2 Å². The minimum absolute atomic E-state index is 0.0783. The highest BCUT2D eigenvalue weighted by Gasteiger charge is 2.33. The first-order valence-electron chi connectivity index (χ1n) is 10.1. The maximum Gasteiger partial charge on any atom is 0.407 e. The molecule has 0 radical (unpaired) electrons. The number of aliphatic carboxylic acids is 1. The van der Waals surface area contributed by atoms with Crippen molar-refractivity contribution in [3.05, 3.63) is 59.7 Å². The molecule has 0 saturated carbocycles. The molecule has 1 aliphatic carbocycles. The van der Waals surface area contributed by atoms with Crippen molar-refractivity contribution >= 4 is 18.0 Å². The lowest BCUT2D eigenvalue weighted by atomic mass is 9.98. The monoisotopic (exact) mass is 442 g/mol. The number of aliphatic hydroxyl groups is 1. The molecule has 0 aliphatic heterocycles. The second-order valence-corrected chi connectivity index (χ2v) is 7.77. The van der Waals surface area contributed by atoms with E-state index in [-0.39, 0.29) is 19.1 Å². The first-order chi connectivity index (χ1) is 15.2. The molecule has 0 saturated heterocycles. The molecular weight excluding hydrogens is 416 g/mol. The smallest absolute Gasteiger partial charge is 0.407 e. The van der Waals surface area contributed by atoms with Crippen molar-refractivity contribution < 1.29 is 34.1 Å². The fraction of sp³-hybridized carbons (Fsp3) is 0.348. The largest absolute Gasteiger partial charge is 0.479 e. The van der Waals surface area contributed by atoms with Crippen molar-refractivity contribution in [1.29, 1.82) is 0 Å². The van der Waals surface area contributed by atoms with E-state index in [9.17, 15) is 19.5 Å². The average Bonchev–Trinajstić information content (AvgIpc) is 3.09. The van der Waals surface area contributed by atoms with Gasteiger partial charge in [-0.1, -0.05) is 48.5 Å². The zero-order chi connectivity index (χ0) is 23.3. The lowest BCUT2D eigenvalue weighted by Gasteiger charge is -2.22. The number of amides is 2. The van der Waals surface area contributed by atoms with Gasteiger partial charge in [0.25, 0.3) is 0 Å². The molecule has 2 aromatic rings. The van der Waals surface area contributed by atoms with E-state index in [1.54, 1.807) is 0 Å². The van der Waals surface area contributed by atoms with Crippen LogP contribution in [0.25, 0.3) is 11.1 Å². The first-order valence-corrected chi connectivity index (χ1v) is 10.1. The molecule has 2 unspecified atom stereocenters. The Kier molecular flexibility index (Phi) is 7.12. The van der Waals surface area contributed by atoms with Crippen molar-refractivity contribution in [2.45, 2.75) is 24.5 Å². The summed E-state index contributed by atoms with van der Waals surface area (Å²) in [7, 11) is 1.35. The summed E-state index contributed by atoms with van der Waals surface area (Å²) in [5, 5.41) is 23.4. The van der Waals surface area contributed by atoms with Gasteiger partial charge in [0.05, 0.1) is 13.2 Å². The lowest BCUT2D eigenvalue weighted by molar-refractivity contribution is -0.156. The number of ether oxygens (including phenoxy) is 2. The molecule has 4 N–H and O–H groups in total. The van der Waals surface area contributed by atoms with Crippen LogP contribution in [-0.4, -0.2) is 66.7 Å². The Hall–Kier alpha value is -3.43. The van der Waals surface area contributed by atoms with Crippen LogP contribution in [0, 0.1) is 0 Å². The Morgan fingerprint density at radius 2 is 1.62 bits per heavy atom. The molecule has 1 aliphatic rings. The quantitative estimate of drug-likeness (QED) is 0.462. The Balaban J connectivity index is 1.61. The predicted octanol–water partition coefficient (Wildman–Crippen LogP) is 1.49. The van der Waals surface area contributed by atoms with Crippen LogP contribution in [0.4, 0.5) is 4.79 Å². The molecule has 2 aromatic carbocycles. The van der Waals surface area contributed by atoms with E-state index in [2.05, 4.69) is 10.6 Å². The number of alkyl carbamates (subject to hydrolysis) is 1. The number of rotatable bonds is 9. The molecule has 0 spiro atoms. The summed E-state index contributed by atoms with van der Waals surface area (Å²) in [6, 6.07) is 14.7. The minimum atomic E-state index is -2.14. The van der Waals surface area contributed by atoms with Crippen LogP contribution in [0.15, 0.2) is 48.5 Å². The minimum Gasteiger partial charge on any atom is -0.479 e. The second-order valence-electron chi connectivity index (χ2n) is 7.77. The SMILES string of the molecule is COCC(NC(=O)OCC1c2ccccc2-c2ccccc21)C(=O)NCC(C)(O)C(=O)O. The number of carbonyl (C=O) groups is 3. The van der Waals surface area contributed by atoms with Gasteiger partial charge < -0.3 is 30.3 Å². The Morgan fingerprint density at radius 1 is 1.06 bits per heavy atom. The number of hydrogen-bond acceptors (Lipinski definition) is 6. The Bertz CT molecular complexity index is 960. The van der Waals surface area contributed by atoms with E-state index in [0.717, 1.165) is 29.2 Å². The van der Waals surface area contributed by atoms with E-state index < -0.39 is 36.2 Å². The molecular formula is C23H26N2O7. The molecule has 3 rings (SSSR count). The van der Waals surface area contributed by atoms with Gasteiger partial charge in [-0.2, -0.15) is 0 Å². The molecule has 0 bridgehead atoms. The van der Waals surface area contributed by atoms with Crippen molar-refractivity contribution in [1.82, 2.24) is 10.6 Å². The van der Waals surface area contributed by atoms with Crippen LogP contribution < -0.4 is 10.6 Å². The van der Waals surface area contributed by atoms with E-state index >= 15 is 0 Å². The summed E-state index contributed by atoms with van der Waals surface area (Å²) >= 11 is 0. The highest BCUT2D eigenvalue weighted by Crippen LogP contribution is 2.44. The number of carboxylic acid groups (broad SMARTS) is 1. The highest BCUT2D eigenvalue weighted by molar-refractivity contribution is 5.87. The fourth-order valence-corrected chi connectivity index (χ4v) is 3.59. The van der Waals surface area contributed by atoms with Gasteiger partial charge in [0, 0.05) is 13.0 Å². The van der Waals surface area contributed by atoms with Crippen LogP contribution in [0.2, 0.25) is 0 Å². The van der Waals surface area contributed by atoms with Crippen molar-refractivity contribution in [3.8, 4) is 11.1 Å². The summed E-state index contributed by atoms with van der Waals surface area (Å²) < 4.78 is 10.4. The van der Waals surface area contributed by atoms with Crippen LogP contribution in [0.1, 0.15) is 24.0 Å². The van der Waals surface area contributed by atoms with Crippen LogP contribution >= 0.6 is 0 Å². The summed E-state index contributed by atoms with van der Waals surface area (Å²) in [5.41, 5.74) is 2.17. The van der Waals surface area contributed by atoms with E-state index in [0.29, 0.717) is 0 Å². The maximum atomic E-state index is 12.4. The van der Waals surface area contributed by atoms with Crippen LogP contribution in [0.3, 0.4) is 0 Å². The summed E-state index contributed by atoms with van der Waals surface area (Å²) in [5.74, 6) is -2.32. The second kappa shape index (κ2) is 9.80. The predicted molar refractivity (Wildman–Crippen MR) is 115 cm³/mol. The number of methoxy groups -OCH3 is 1. The van der Waals surface area contributed by atoms with E-state index in [1.165, 1.54) is 7.11 Å². The number of benzene rings is 2. The van der Waals surface area contributed by atoms with Gasteiger partial charge in [-0.25, -0.2) is 9.59 Å². The molecule has 2 atom stereocenters. The number of carboxylic acids is 1. The van der Waals surface area contributed by atoms with Crippen molar-refractivity contribution in [2.75, 3.05) is 26.9 Å². The summed E-state index contributed by atoms with van der Waals surface area (Å²) in [4.78, 5) is 35.7. The number of carbonyl (C=O) groups excluding carboxylic acids is 2. The van der Waals surface area contributed by atoms with E-state index in [4.69, 9.17) is 14.6 Å². The van der Waals surface area contributed by atoms with Gasteiger partial charge in [-0.15, -0.1) is 0 Å². The van der Waals surface area contributed by atoms with Gasteiger partial charge in [0.2, 0.25) is 5.91 Å². The Morgan fingerprint density at radius 3 is 2.16 bits per heavy atom. The molecule has 0 fully saturated rings. The van der Waals surface area contributed by atoms with E-state index in [1.807, 2.05) is 48.5 Å². The molecule has 2 amide bonds. The number of hydrogen-bond donors (Lipinski definition) is 4. The Labute approximate surface area is 185 Å². The highest BCUT2D eigenvalue weighted by atomic mass is 16.5. The van der Waals surface area contributed by atoms with Gasteiger partial charge in [0.15, 0.2) is 5.60 Å². The molecule has 32 heavy (non-hydrogen) atoms. The molecule has 9 heteroatoms. The van der Waals surface area contributed by atoms with Gasteiger partial charge in [0.1, 0.15) is 12.6 Å². The normalized spacial score (nSPS) is 15.1. The third-order valence-corrected chi connectivity index (χ3v) is 5.35. The maximum absolute atomic E-state index is 12.4.